The Hall–Kier alpha value is -0.410. The minimum atomic E-state index is 0.741. The highest BCUT2D eigenvalue weighted by Gasteiger charge is 2.23. The van der Waals surface area contributed by atoms with E-state index in [9.17, 15) is 0 Å². The van der Waals surface area contributed by atoms with Crippen molar-refractivity contribution in [2.45, 2.75) is 65.3 Å². The van der Waals surface area contributed by atoms with Crippen molar-refractivity contribution in [1.29, 1.82) is 0 Å². The van der Waals surface area contributed by atoms with Crippen LogP contribution in [0.4, 0.5) is 0 Å². The van der Waals surface area contributed by atoms with Crippen LogP contribution in [0.25, 0.3) is 0 Å². The molecule has 0 saturated heterocycles. The molecule has 0 aromatic carbocycles. The SMILES string of the molecule is CCCNCc1sc(C2CCC(C)CC2)nc1C. The molecule has 1 heterocycles. The normalized spacial score (nSPS) is 24.4. The van der Waals surface area contributed by atoms with Gasteiger partial charge in [-0.2, -0.15) is 0 Å². The van der Waals surface area contributed by atoms with E-state index in [2.05, 4.69) is 26.1 Å². The maximum Gasteiger partial charge on any atom is 0.0962 e. The van der Waals surface area contributed by atoms with Crippen LogP contribution in [0.3, 0.4) is 0 Å². The van der Waals surface area contributed by atoms with Crippen molar-refractivity contribution in [3.05, 3.63) is 15.6 Å². The average Bonchev–Trinajstić information content (AvgIpc) is 2.72. The predicted octanol–water partition coefficient (Wildman–Crippen LogP) is 4.24. The lowest BCUT2D eigenvalue weighted by Gasteiger charge is -2.24. The Bertz CT molecular complexity index is 365. The molecular formula is C15H26N2S. The molecule has 1 aliphatic rings. The molecule has 0 spiro atoms. The zero-order valence-corrected chi connectivity index (χ0v) is 12.8. The predicted molar refractivity (Wildman–Crippen MR) is 79.2 cm³/mol. The van der Waals surface area contributed by atoms with Gasteiger partial charge in [-0.3, -0.25) is 0 Å². The number of nitrogens with zero attached hydrogens (tertiary/aromatic N) is 1. The molecule has 1 aromatic heterocycles. The fraction of sp³-hybridized carbons (Fsp3) is 0.800. The molecule has 1 aromatic rings. The summed E-state index contributed by atoms with van der Waals surface area (Å²) >= 11 is 1.94. The van der Waals surface area contributed by atoms with Crippen LogP contribution in [0.5, 0.6) is 0 Å². The van der Waals surface area contributed by atoms with Gasteiger partial charge in [0, 0.05) is 17.3 Å². The molecule has 102 valence electrons. The average molecular weight is 266 g/mol. The second kappa shape index (κ2) is 6.67. The van der Waals surface area contributed by atoms with Crippen LogP contribution in [-0.4, -0.2) is 11.5 Å². The van der Waals surface area contributed by atoms with Gasteiger partial charge < -0.3 is 5.32 Å². The first-order valence-corrected chi connectivity index (χ1v) is 8.19. The van der Waals surface area contributed by atoms with Crippen molar-refractivity contribution >= 4 is 11.3 Å². The van der Waals surface area contributed by atoms with Crippen LogP contribution < -0.4 is 5.32 Å². The molecule has 3 heteroatoms. The minimum Gasteiger partial charge on any atom is -0.312 e. The molecule has 1 fully saturated rings. The van der Waals surface area contributed by atoms with Crippen LogP contribution in [0.2, 0.25) is 0 Å². The highest BCUT2D eigenvalue weighted by Crippen LogP contribution is 2.37. The van der Waals surface area contributed by atoms with Crippen molar-refractivity contribution < 1.29 is 0 Å². The first-order valence-electron chi connectivity index (χ1n) is 7.37. The Morgan fingerprint density at radius 2 is 2.00 bits per heavy atom. The third-order valence-corrected chi connectivity index (χ3v) is 5.31. The fourth-order valence-electron chi connectivity index (χ4n) is 2.67. The number of thiazole rings is 1. The lowest BCUT2D eigenvalue weighted by molar-refractivity contribution is 0.347. The first-order chi connectivity index (χ1) is 8.70. The zero-order chi connectivity index (χ0) is 13.0. The molecule has 0 aliphatic heterocycles. The number of hydrogen-bond acceptors (Lipinski definition) is 3. The number of rotatable bonds is 5. The lowest BCUT2D eigenvalue weighted by Crippen LogP contribution is -2.13. The van der Waals surface area contributed by atoms with Gasteiger partial charge in [0.15, 0.2) is 0 Å². The maximum absolute atomic E-state index is 4.82. The van der Waals surface area contributed by atoms with Gasteiger partial charge in [0.1, 0.15) is 0 Å². The van der Waals surface area contributed by atoms with Crippen molar-refractivity contribution in [2.75, 3.05) is 6.54 Å². The van der Waals surface area contributed by atoms with E-state index in [0.29, 0.717) is 0 Å². The van der Waals surface area contributed by atoms with Crippen molar-refractivity contribution in [2.24, 2.45) is 5.92 Å². The van der Waals surface area contributed by atoms with Gasteiger partial charge in [-0.25, -0.2) is 4.98 Å². The molecule has 2 nitrogen and oxygen atoms in total. The zero-order valence-electron chi connectivity index (χ0n) is 12.0. The van der Waals surface area contributed by atoms with Crippen molar-refractivity contribution in [3.8, 4) is 0 Å². The summed E-state index contributed by atoms with van der Waals surface area (Å²) in [5.41, 5.74) is 1.25. The number of nitrogens with one attached hydrogen (secondary N) is 1. The van der Waals surface area contributed by atoms with Crippen LogP contribution in [0, 0.1) is 12.8 Å². The van der Waals surface area contributed by atoms with Crippen LogP contribution in [0.1, 0.15) is 67.4 Å². The van der Waals surface area contributed by atoms with E-state index >= 15 is 0 Å². The summed E-state index contributed by atoms with van der Waals surface area (Å²) in [7, 11) is 0. The van der Waals surface area contributed by atoms with Gasteiger partial charge in [-0.1, -0.05) is 26.7 Å². The molecule has 0 radical (unpaired) electrons. The largest absolute Gasteiger partial charge is 0.312 e. The van der Waals surface area contributed by atoms with Crippen molar-refractivity contribution in [3.63, 3.8) is 0 Å². The van der Waals surface area contributed by atoms with E-state index in [-0.39, 0.29) is 0 Å². The van der Waals surface area contributed by atoms with Gasteiger partial charge in [0.25, 0.3) is 0 Å². The number of aryl methyl sites for hydroxylation is 1. The van der Waals surface area contributed by atoms with Crippen LogP contribution in [0.15, 0.2) is 0 Å². The minimum absolute atomic E-state index is 0.741. The molecule has 1 aliphatic carbocycles. The quantitative estimate of drug-likeness (QED) is 0.806. The molecule has 2 rings (SSSR count). The topological polar surface area (TPSA) is 24.9 Å². The molecule has 0 bridgehead atoms. The standard InChI is InChI=1S/C15H26N2S/c1-4-9-16-10-14-12(3)17-15(18-14)13-7-5-11(2)6-8-13/h11,13,16H,4-10H2,1-3H3. The highest BCUT2D eigenvalue weighted by molar-refractivity contribution is 7.11. The fourth-order valence-corrected chi connectivity index (χ4v) is 3.88. The summed E-state index contributed by atoms with van der Waals surface area (Å²) in [6.45, 7) is 8.85. The third kappa shape index (κ3) is 3.55. The van der Waals surface area contributed by atoms with E-state index < -0.39 is 0 Å². The lowest BCUT2D eigenvalue weighted by atomic mass is 9.83. The van der Waals surface area contributed by atoms with E-state index in [1.807, 2.05) is 11.3 Å². The maximum atomic E-state index is 4.82. The van der Waals surface area contributed by atoms with Gasteiger partial charge in [0.05, 0.1) is 10.7 Å². The number of hydrogen-bond donors (Lipinski definition) is 1. The summed E-state index contributed by atoms with van der Waals surface area (Å²) in [5, 5.41) is 4.88. The van der Waals surface area contributed by atoms with Gasteiger partial charge in [-0.15, -0.1) is 11.3 Å². The Kier molecular flexibility index (Phi) is 5.19. The molecule has 1 saturated carbocycles. The third-order valence-electron chi connectivity index (χ3n) is 3.99. The number of aromatic nitrogens is 1. The first kappa shape index (κ1) is 14.0. The van der Waals surface area contributed by atoms with Gasteiger partial charge in [0.2, 0.25) is 0 Å². The Morgan fingerprint density at radius 3 is 2.67 bits per heavy atom. The van der Waals surface area contributed by atoms with Crippen molar-refractivity contribution in [1.82, 2.24) is 10.3 Å². The van der Waals surface area contributed by atoms with Gasteiger partial charge in [-0.05, 0) is 38.6 Å². The Balaban J connectivity index is 1.95. The summed E-state index contributed by atoms with van der Waals surface area (Å²) in [4.78, 5) is 6.26. The molecule has 0 amide bonds. The molecular weight excluding hydrogens is 240 g/mol. The molecule has 1 N–H and O–H groups in total. The Morgan fingerprint density at radius 1 is 1.28 bits per heavy atom. The van der Waals surface area contributed by atoms with Gasteiger partial charge >= 0.3 is 0 Å². The van der Waals surface area contributed by atoms with E-state index in [1.54, 1.807) is 0 Å². The highest BCUT2D eigenvalue weighted by atomic mass is 32.1. The summed E-state index contributed by atoms with van der Waals surface area (Å²) < 4.78 is 0. The monoisotopic (exact) mass is 266 g/mol. The summed E-state index contributed by atoms with van der Waals surface area (Å²) in [6, 6.07) is 0. The smallest absolute Gasteiger partial charge is 0.0962 e. The van der Waals surface area contributed by atoms with E-state index in [1.165, 1.54) is 47.7 Å². The van der Waals surface area contributed by atoms with Crippen LogP contribution >= 0.6 is 11.3 Å². The molecule has 0 unspecified atom stereocenters. The second-order valence-electron chi connectivity index (χ2n) is 5.69. The second-order valence-corrected chi connectivity index (χ2v) is 6.81. The summed E-state index contributed by atoms with van der Waals surface area (Å²) in [6.07, 6.45) is 6.65. The van der Waals surface area contributed by atoms with Crippen LogP contribution in [-0.2, 0) is 6.54 Å². The van der Waals surface area contributed by atoms with E-state index in [0.717, 1.165) is 24.9 Å². The molecule has 18 heavy (non-hydrogen) atoms. The Labute approximate surface area is 115 Å². The van der Waals surface area contributed by atoms with E-state index in [4.69, 9.17) is 4.98 Å². The molecule has 0 atom stereocenters. The summed E-state index contributed by atoms with van der Waals surface area (Å²) in [5.74, 6) is 1.66.